The maximum Gasteiger partial charge on any atom is 0.335 e. The molecule has 0 aliphatic carbocycles. The third-order valence-corrected chi connectivity index (χ3v) is 3.84. The van der Waals surface area contributed by atoms with Crippen LogP contribution in [0.25, 0.3) is 5.69 Å². The Morgan fingerprint density at radius 2 is 2.33 bits per heavy atom. The number of aromatic carboxylic acids is 1. The number of rotatable bonds is 5. The summed E-state index contributed by atoms with van der Waals surface area (Å²) in [7, 11) is 0. The fourth-order valence-electron chi connectivity index (χ4n) is 2.75. The molecule has 2 heterocycles. The number of carbonyl (C=O) groups is 1. The van der Waals surface area contributed by atoms with Crippen LogP contribution in [-0.2, 0) is 12.8 Å². The minimum Gasteiger partial charge on any atom is -0.478 e. The maximum atomic E-state index is 11.1. The van der Waals surface area contributed by atoms with Gasteiger partial charge in [0, 0.05) is 12.1 Å². The third-order valence-electron chi connectivity index (χ3n) is 3.84. The highest BCUT2D eigenvalue weighted by molar-refractivity contribution is 5.88. The van der Waals surface area contributed by atoms with E-state index in [2.05, 4.69) is 12.2 Å². The zero-order valence-corrected chi connectivity index (χ0v) is 12.1. The second-order valence-corrected chi connectivity index (χ2v) is 5.32. The van der Waals surface area contributed by atoms with Gasteiger partial charge in [0.25, 0.3) is 0 Å². The van der Waals surface area contributed by atoms with Gasteiger partial charge in [0.1, 0.15) is 5.82 Å². The van der Waals surface area contributed by atoms with E-state index in [0.29, 0.717) is 0 Å². The highest BCUT2D eigenvalue weighted by atomic mass is 16.4. The lowest BCUT2D eigenvalue weighted by Crippen LogP contribution is -2.06. The number of hydrogen-bond donors (Lipinski definition) is 2. The predicted molar refractivity (Wildman–Crippen MR) is 81.3 cm³/mol. The first-order chi connectivity index (χ1) is 10.2. The summed E-state index contributed by atoms with van der Waals surface area (Å²) in [6.45, 7) is 3.09. The maximum absolute atomic E-state index is 11.1. The van der Waals surface area contributed by atoms with Gasteiger partial charge in [0.15, 0.2) is 0 Å². The van der Waals surface area contributed by atoms with Crippen molar-refractivity contribution < 1.29 is 9.90 Å². The van der Waals surface area contributed by atoms with E-state index in [1.807, 2.05) is 10.7 Å². The van der Waals surface area contributed by atoms with Crippen LogP contribution >= 0.6 is 0 Å². The van der Waals surface area contributed by atoms with Crippen LogP contribution < -0.4 is 5.32 Å². The van der Waals surface area contributed by atoms with Crippen molar-refractivity contribution in [2.45, 2.75) is 32.6 Å². The summed E-state index contributed by atoms with van der Waals surface area (Å²) in [5.41, 5.74) is 3.50. The molecule has 2 aromatic rings. The zero-order chi connectivity index (χ0) is 14.8. The summed E-state index contributed by atoms with van der Waals surface area (Å²) in [6.07, 6.45) is 4.24. The Morgan fingerprint density at radius 1 is 1.48 bits per heavy atom. The molecule has 0 fully saturated rings. The van der Waals surface area contributed by atoms with Gasteiger partial charge >= 0.3 is 5.97 Å². The molecule has 1 aromatic carbocycles. The molecular weight excluding hydrogens is 266 g/mol. The number of carboxylic acid groups (broad SMARTS) is 1. The van der Waals surface area contributed by atoms with Crippen LogP contribution in [0.1, 0.15) is 41.4 Å². The minimum atomic E-state index is -0.917. The van der Waals surface area contributed by atoms with Gasteiger partial charge in [0.2, 0.25) is 0 Å². The Labute approximate surface area is 123 Å². The molecule has 0 atom stereocenters. The van der Waals surface area contributed by atoms with Crippen molar-refractivity contribution >= 4 is 11.8 Å². The van der Waals surface area contributed by atoms with Crippen LogP contribution in [0.3, 0.4) is 0 Å². The largest absolute Gasteiger partial charge is 0.478 e. The van der Waals surface area contributed by atoms with Crippen LogP contribution in [0, 0.1) is 0 Å². The Balaban J connectivity index is 2.02. The third kappa shape index (κ3) is 2.51. The molecule has 0 radical (unpaired) electrons. The molecule has 3 rings (SSSR count). The molecule has 110 valence electrons. The Hall–Kier alpha value is -2.30. The molecule has 0 spiro atoms. The van der Waals surface area contributed by atoms with E-state index in [-0.39, 0.29) is 5.56 Å². The molecule has 0 bridgehead atoms. The average molecular weight is 285 g/mol. The van der Waals surface area contributed by atoms with Crippen LogP contribution in [-0.4, -0.2) is 27.4 Å². The molecule has 1 aromatic heterocycles. The van der Waals surface area contributed by atoms with Gasteiger partial charge in [-0.15, -0.1) is 0 Å². The van der Waals surface area contributed by atoms with Gasteiger partial charge in [-0.05, 0) is 37.5 Å². The van der Waals surface area contributed by atoms with E-state index in [0.717, 1.165) is 49.4 Å². The van der Waals surface area contributed by atoms with E-state index in [4.69, 9.17) is 10.2 Å². The first kappa shape index (κ1) is 13.7. The van der Waals surface area contributed by atoms with Crippen molar-refractivity contribution in [2.24, 2.45) is 0 Å². The van der Waals surface area contributed by atoms with Crippen LogP contribution in [0.4, 0.5) is 5.82 Å². The molecule has 2 N–H and O–H groups in total. The average Bonchev–Trinajstić information content (AvgIpc) is 3.08. The number of benzene rings is 1. The highest BCUT2D eigenvalue weighted by Crippen LogP contribution is 2.29. The number of anilines is 1. The number of hydrogen-bond acceptors (Lipinski definition) is 3. The number of carboxylic acids is 1. The summed E-state index contributed by atoms with van der Waals surface area (Å²) in [5.74, 6) is 0.100. The molecule has 1 aliphatic rings. The zero-order valence-electron chi connectivity index (χ0n) is 12.1. The molecule has 21 heavy (non-hydrogen) atoms. The number of aryl methyl sites for hydroxylation is 1. The number of aromatic nitrogens is 2. The first-order valence-electron chi connectivity index (χ1n) is 7.39. The van der Waals surface area contributed by atoms with Crippen LogP contribution in [0.2, 0.25) is 0 Å². The summed E-state index contributed by atoms with van der Waals surface area (Å²) >= 11 is 0. The van der Waals surface area contributed by atoms with E-state index >= 15 is 0 Å². The van der Waals surface area contributed by atoms with Crippen molar-refractivity contribution in [3.8, 4) is 5.69 Å². The topological polar surface area (TPSA) is 67.2 Å². The summed E-state index contributed by atoms with van der Waals surface area (Å²) in [6, 6.07) is 6.91. The van der Waals surface area contributed by atoms with Crippen LogP contribution in [0.15, 0.2) is 24.3 Å². The van der Waals surface area contributed by atoms with Gasteiger partial charge in [-0.2, -0.15) is 5.10 Å². The number of fused-ring (bicyclic) bond motifs is 1. The molecule has 0 amide bonds. The second kappa shape index (κ2) is 5.60. The Kier molecular flexibility index (Phi) is 3.64. The summed E-state index contributed by atoms with van der Waals surface area (Å²) < 4.78 is 1.85. The van der Waals surface area contributed by atoms with Gasteiger partial charge in [-0.25, -0.2) is 9.48 Å². The fraction of sp³-hybridized carbons (Fsp3) is 0.375. The van der Waals surface area contributed by atoms with Gasteiger partial charge in [-0.3, -0.25) is 0 Å². The number of nitrogens with one attached hydrogen (secondary N) is 1. The summed E-state index contributed by atoms with van der Waals surface area (Å²) in [4.78, 5) is 11.1. The van der Waals surface area contributed by atoms with Crippen molar-refractivity contribution in [2.75, 3.05) is 11.9 Å². The Morgan fingerprint density at radius 3 is 3.10 bits per heavy atom. The molecular formula is C16H19N3O2. The van der Waals surface area contributed by atoms with Crippen molar-refractivity contribution in [1.82, 2.24) is 9.78 Å². The predicted octanol–water partition coefficient (Wildman–Crippen LogP) is 2.88. The van der Waals surface area contributed by atoms with E-state index in [1.54, 1.807) is 18.2 Å². The van der Waals surface area contributed by atoms with E-state index in [9.17, 15) is 4.79 Å². The monoisotopic (exact) mass is 285 g/mol. The van der Waals surface area contributed by atoms with Crippen molar-refractivity contribution in [1.29, 1.82) is 0 Å². The SMILES string of the molecule is CCCCc1nn(-c2cccc(C(=O)O)c2)c2c1CCN2. The van der Waals surface area contributed by atoms with E-state index < -0.39 is 5.97 Å². The summed E-state index contributed by atoms with van der Waals surface area (Å²) in [5, 5.41) is 17.2. The van der Waals surface area contributed by atoms with Crippen LogP contribution in [0.5, 0.6) is 0 Å². The van der Waals surface area contributed by atoms with Gasteiger partial charge < -0.3 is 10.4 Å². The highest BCUT2D eigenvalue weighted by Gasteiger charge is 2.22. The lowest BCUT2D eigenvalue weighted by Gasteiger charge is -2.07. The molecule has 5 heteroatoms. The standard InChI is InChI=1S/C16H19N3O2/c1-2-3-7-14-13-8-9-17-15(13)19(18-14)12-6-4-5-11(10-12)16(20)21/h4-6,10,17H,2-3,7-9H2,1H3,(H,20,21). The second-order valence-electron chi connectivity index (χ2n) is 5.32. The van der Waals surface area contributed by atoms with E-state index in [1.165, 1.54) is 5.56 Å². The van der Waals surface area contributed by atoms with Gasteiger partial charge in [-0.1, -0.05) is 19.4 Å². The molecule has 0 unspecified atom stereocenters. The fourth-order valence-corrected chi connectivity index (χ4v) is 2.75. The molecule has 0 saturated heterocycles. The molecule has 5 nitrogen and oxygen atoms in total. The normalized spacial score (nSPS) is 13.0. The number of unbranched alkanes of at least 4 members (excludes halogenated alkanes) is 1. The quantitative estimate of drug-likeness (QED) is 0.886. The number of nitrogens with zero attached hydrogens (tertiary/aromatic N) is 2. The Bertz CT molecular complexity index is 676. The molecule has 1 aliphatic heterocycles. The smallest absolute Gasteiger partial charge is 0.335 e. The lowest BCUT2D eigenvalue weighted by atomic mass is 10.1. The van der Waals surface area contributed by atoms with Gasteiger partial charge in [0.05, 0.1) is 16.9 Å². The minimum absolute atomic E-state index is 0.282. The molecule has 0 saturated carbocycles. The lowest BCUT2D eigenvalue weighted by molar-refractivity contribution is 0.0697. The van der Waals surface area contributed by atoms with Crippen molar-refractivity contribution in [3.63, 3.8) is 0 Å². The van der Waals surface area contributed by atoms with Crippen molar-refractivity contribution in [3.05, 3.63) is 41.1 Å². The first-order valence-corrected chi connectivity index (χ1v) is 7.39.